The van der Waals surface area contributed by atoms with E-state index in [0.717, 1.165) is 21.0 Å². The predicted molar refractivity (Wildman–Crippen MR) is 137 cm³/mol. The van der Waals surface area contributed by atoms with Gasteiger partial charge in [-0.05, 0) is 56.2 Å². The summed E-state index contributed by atoms with van der Waals surface area (Å²) < 4.78 is 28.4. The first-order valence-electron chi connectivity index (χ1n) is 11.3. The highest BCUT2D eigenvalue weighted by molar-refractivity contribution is 7.92. The highest BCUT2D eigenvalue weighted by Gasteiger charge is 2.32. The summed E-state index contributed by atoms with van der Waals surface area (Å²) in [5.41, 5.74) is 3.14. The molecule has 0 saturated heterocycles. The summed E-state index contributed by atoms with van der Waals surface area (Å²) in [4.78, 5) is 27.7. The fourth-order valence-electron chi connectivity index (χ4n) is 3.72. The van der Waals surface area contributed by atoms with E-state index in [-0.39, 0.29) is 17.3 Å². The molecule has 0 bridgehead atoms. The minimum Gasteiger partial charge on any atom is -0.357 e. The molecule has 0 aliphatic carbocycles. The van der Waals surface area contributed by atoms with Crippen molar-refractivity contribution in [2.45, 2.75) is 38.3 Å². The Morgan fingerprint density at radius 2 is 1.49 bits per heavy atom. The van der Waals surface area contributed by atoms with E-state index in [4.69, 9.17) is 0 Å². The van der Waals surface area contributed by atoms with Crippen LogP contribution < -0.4 is 9.62 Å². The maximum absolute atomic E-state index is 13.7. The summed E-state index contributed by atoms with van der Waals surface area (Å²) in [5.74, 6) is -0.816. The lowest BCUT2D eigenvalue weighted by Gasteiger charge is -2.32. The second kappa shape index (κ2) is 11.2. The van der Waals surface area contributed by atoms with Gasteiger partial charge in [-0.15, -0.1) is 0 Å². The van der Waals surface area contributed by atoms with Crippen LogP contribution in [0.5, 0.6) is 0 Å². The minimum absolute atomic E-state index is 0.0876. The fourth-order valence-corrected chi connectivity index (χ4v) is 5.14. The molecule has 0 saturated carbocycles. The monoisotopic (exact) mass is 493 g/mol. The van der Waals surface area contributed by atoms with Gasteiger partial charge in [-0.2, -0.15) is 0 Å². The Kier molecular flexibility index (Phi) is 8.30. The Balaban J connectivity index is 2.01. The van der Waals surface area contributed by atoms with Crippen molar-refractivity contribution in [1.82, 2.24) is 10.2 Å². The third-order valence-electron chi connectivity index (χ3n) is 5.95. The van der Waals surface area contributed by atoms with Crippen molar-refractivity contribution >= 4 is 27.5 Å². The van der Waals surface area contributed by atoms with E-state index in [1.807, 2.05) is 38.1 Å². The molecule has 35 heavy (non-hydrogen) atoms. The summed E-state index contributed by atoms with van der Waals surface area (Å²) in [6.45, 7) is 5.16. The maximum Gasteiger partial charge on any atom is 0.264 e. The molecule has 0 radical (unpaired) electrons. The number of benzene rings is 3. The van der Waals surface area contributed by atoms with E-state index in [1.54, 1.807) is 49.4 Å². The number of carbonyl (C=O) groups is 2. The molecular formula is C27H31N3O4S. The van der Waals surface area contributed by atoms with Gasteiger partial charge in [-0.3, -0.25) is 13.9 Å². The van der Waals surface area contributed by atoms with Crippen molar-refractivity contribution in [1.29, 1.82) is 0 Å². The lowest BCUT2D eigenvalue weighted by molar-refractivity contribution is -0.139. The van der Waals surface area contributed by atoms with Gasteiger partial charge in [-0.25, -0.2) is 8.42 Å². The molecule has 0 aliphatic rings. The van der Waals surface area contributed by atoms with Crippen molar-refractivity contribution in [3.8, 4) is 0 Å². The molecule has 2 amide bonds. The predicted octanol–water partition coefficient (Wildman–Crippen LogP) is 3.66. The van der Waals surface area contributed by atoms with Crippen LogP contribution in [0.4, 0.5) is 5.69 Å². The van der Waals surface area contributed by atoms with Crippen molar-refractivity contribution in [3.05, 3.63) is 95.6 Å². The number of nitrogens with one attached hydrogen (secondary N) is 1. The smallest absolute Gasteiger partial charge is 0.264 e. The van der Waals surface area contributed by atoms with Crippen LogP contribution >= 0.6 is 0 Å². The number of anilines is 1. The van der Waals surface area contributed by atoms with E-state index in [9.17, 15) is 18.0 Å². The first-order chi connectivity index (χ1) is 16.6. The van der Waals surface area contributed by atoms with Crippen LogP contribution in [0.15, 0.2) is 83.8 Å². The van der Waals surface area contributed by atoms with Crippen LogP contribution in [0.2, 0.25) is 0 Å². The molecule has 8 heteroatoms. The highest BCUT2D eigenvalue weighted by atomic mass is 32.2. The molecule has 0 unspecified atom stereocenters. The summed E-state index contributed by atoms with van der Waals surface area (Å²) in [5, 5.41) is 2.58. The van der Waals surface area contributed by atoms with Gasteiger partial charge in [0.05, 0.1) is 10.6 Å². The summed E-state index contributed by atoms with van der Waals surface area (Å²) in [6.07, 6.45) is 0. The number of hydrogen-bond donors (Lipinski definition) is 1. The number of carbonyl (C=O) groups excluding carboxylic acids is 2. The van der Waals surface area contributed by atoms with Gasteiger partial charge in [0.2, 0.25) is 11.8 Å². The number of para-hydroxylation sites is 1. The Labute approximate surface area is 207 Å². The Morgan fingerprint density at radius 1 is 0.886 bits per heavy atom. The van der Waals surface area contributed by atoms with E-state index in [0.29, 0.717) is 5.69 Å². The van der Waals surface area contributed by atoms with E-state index < -0.39 is 28.5 Å². The average molecular weight is 494 g/mol. The zero-order chi connectivity index (χ0) is 25.6. The molecular weight excluding hydrogens is 462 g/mol. The van der Waals surface area contributed by atoms with Crippen molar-refractivity contribution in [2.75, 3.05) is 17.9 Å². The van der Waals surface area contributed by atoms with Gasteiger partial charge < -0.3 is 10.2 Å². The van der Waals surface area contributed by atoms with Gasteiger partial charge >= 0.3 is 0 Å². The van der Waals surface area contributed by atoms with Crippen LogP contribution in [0, 0.1) is 13.8 Å². The summed E-state index contributed by atoms with van der Waals surface area (Å²) >= 11 is 0. The molecule has 184 valence electrons. The second-order valence-corrected chi connectivity index (χ2v) is 10.3. The normalized spacial score (nSPS) is 12.0. The SMILES string of the molecule is CNC(=O)[C@@H](C)N(Cc1ccccc1C)C(=O)CN(c1ccccc1)S(=O)(=O)c1ccc(C)cc1. The molecule has 3 aromatic carbocycles. The van der Waals surface area contributed by atoms with Crippen LogP contribution in [0.3, 0.4) is 0 Å². The zero-order valence-electron chi connectivity index (χ0n) is 20.4. The van der Waals surface area contributed by atoms with Crippen LogP contribution in [-0.2, 0) is 26.2 Å². The molecule has 3 rings (SSSR count). The standard InChI is InChI=1S/C27H31N3O4S/c1-20-14-16-25(17-15-20)35(33,34)30(24-12-6-5-7-13-24)19-26(31)29(22(3)27(32)28-4)18-23-11-9-8-10-21(23)2/h5-17,22H,18-19H2,1-4H3,(H,28,32)/t22-/m1/s1. The first-order valence-corrected chi connectivity index (χ1v) is 12.8. The van der Waals surface area contributed by atoms with Gasteiger partial charge in [0.1, 0.15) is 12.6 Å². The van der Waals surface area contributed by atoms with Gasteiger partial charge in [0, 0.05) is 13.6 Å². The number of amides is 2. The van der Waals surface area contributed by atoms with Crippen molar-refractivity contribution in [3.63, 3.8) is 0 Å². The molecule has 1 atom stereocenters. The largest absolute Gasteiger partial charge is 0.357 e. The molecule has 0 spiro atoms. The summed E-state index contributed by atoms with van der Waals surface area (Å²) in [6, 6.07) is 21.8. The molecule has 0 fully saturated rings. The number of aryl methyl sites for hydroxylation is 2. The number of likely N-dealkylation sites (N-methyl/N-ethyl adjacent to an activating group) is 1. The Morgan fingerprint density at radius 3 is 2.09 bits per heavy atom. The molecule has 7 nitrogen and oxygen atoms in total. The van der Waals surface area contributed by atoms with E-state index in [2.05, 4.69) is 5.32 Å². The third-order valence-corrected chi connectivity index (χ3v) is 7.74. The van der Waals surface area contributed by atoms with Gasteiger partial charge in [-0.1, -0.05) is 60.2 Å². The highest BCUT2D eigenvalue weighted by Crippen LogP contribution is 2.25. The molecule has 0 heterocycles. The summed E-state index contributed by atoms with van der Waals surface area (Å²) in [7, 11) is -2.54. The van der Waals surface area contributed by atoms with Crippen LogP contribution in [0.1, 0.15) is 23.6 Å². The second-order valence-electron chi connectivity index (χ2n) is 8.40. The molecule has 0 aromatic heterocycles. The lowest BCUT2D eigenvalue weighted by atomic mass is 10.1. The number of hydrogen-bond acceptors (Lipinski definition) is 4. The molecule has 1 N–H and O–H groups in total. The number of rotatable bonds is 9. The third kappa shape index (κ3) is 6.08. The maximum atomic E-state index is 13.7. The van der Waals surface area contributed by atoms with E-state index in [1.165, 1.54) is 24.1 Å². The Hall–Kier alpha value is -3.65. The topological polar surface area (TPSA) is 86.8 Å². The van der Waals surface area contributed by atoms with Crippen LogP contribution in [0.25, 0.3) is 0 Å². The minimum atomic E-state index is -4.05. The molecule has 3 aromatic rings. The van der Waals surface area contributed by atoms with E-state index >= 15 is 0 Å². The average Bonchev–Trinajstić information content (AvgIpc) is 2.86. The first kappa shape index (κ1) is 26.0. The quantitative estimate of drug-likeness (QED) is 0.493. The van der Waals surface area contributed by atoms with Gasteiger partial charge in [0.25, 0.3) is 10.0 Å². The van der Waals surface area contributed by atoms with Crippen molar-refractivity contribution < 1.29 is 18.0 Å². The molecule has 0 aliphatic heterocycles. The number of sulfonamides is 1. The zero-order valence-corrected chi connectivity index (χ0v) is 21.2. The van der Waals surface area contributed by atoms with Crippen molar-refractivity contribution in [2.24, 2.45) is 0 Å². The Bertz CT molecular complexity index is 1280. The van der Waals surface area contributed by atoms with Crippen LogP contribution in [-0.4, -0.2) is 44.8 Å². The van der Waals surface area contributed by atoms with Gasteiger partial charge in [0.15, 0.2) is 0 Å². The fraction of sp³-hybridized carbons (Fsp3) is 0.259. The lowest BCUT2D eigenvalue weighted by Crippen LogP contribution is -2.50. The number of nitrogens with zero attached hydrogens (tertiary/aromatic N) is 2.